The molecule has 1 saturated heterocycles. The summed E-state index contributed by atoms with van der Waals surface area (Å²) >= 11 is 5.82. The second kappa shape index (κ2) is 10.1. The van der Waals surface area contributed by atoms with E-state index in [0.29, 0.717) is 22.9 Å². The van der Waals surface area contributed by atoms with Crippen LogP contribution in [0.3, 0.4) is 0 Å². The average molecular weight is 466 g/mol. The first-order valence-corrected chi connectivity index (χ1v) is 9.75. The van der Waals surface area contributed by atoms with Gasteiger partial charge in [0, 0.05) is 16.8 Å². The van der Waals surface area contributed by atoms with E-state index in [9.17, 15) is 18.4 Å². The highest BCUT2D eigenvalue weighted by atomic mass is 35.5. The Morgan fingerprint density at radius 1 is 1.22 bits per heavy atom. The van der Waals surface area contributed by atoms with Crippen molar-refractivity contribution in [3.05, 3.63) is 70.5 Å². The monoisotopic (exact) mass is 465 g/mol. The van der Waals surface area contributed by atoms with Crippen molar-refractivity contribution in [2.45, 2.75) is 13.0 Å². The molecule has 1 fully saturated rings. The number of esters is 1. The smallest absolute Gasteiger partial charge is 0.415 e. The van der Waals surface area contributed by atoms with Crippen LogP contribution in [-0.2, 0) is 16.5 Å². The zero-order valence-corrected chi connectivity index (χ0v) is 17.8. The van der Waals surface area contributed by atoms with Crippen LogP contribution in [0.4, 0.5) is 19.3 Å². The summed E-state index contributed by atoms with van der Waals surface area (Å²) < 4.78 is 36.3. The summed E-state index contributed by atoms with van der Waals surface area (Å²) in [5.41, 5.74) is 0.893. The average Bonchev–Trinajstić information content (AvgIpc) is 3.34. The van der Waals surface area contributed by atoms with Gasteiger partial charge in [-0.2, -0.15) is 4.80 Å². The molecule has 12 heteroatoms. The molecule has 2 heterocycles. The van der Waals surface area contributed by atoms with Crippen LogP contribution >= 0.6 is 11.6 Å². The maximum atomic E-state index is 13.4. The molecule has 1 unspecified atom stereocenters. The van der Waals surface area contributed by atoms with E-state index in [2.05, 4.69) is 20.1 Å². The fraction of sp³-hybridized carbons (Fsp3) is 0.250. The van der Waals surface area contributed by atoms with Crippen LogP contribution in [0, 0.1) is 11.6 Å². The Bertz CT molecular complexity index is 1090. The summed E-state index contributed by atoms with van der Waals surface area (Å²) in [6, 6.07) is 9.15. The van der Waals surface area contributed by atoms with E-state index in [0.717, 1.165) is 6.07 Å². The number of rotatable bonds is 4. The Kier molecular flexibility index (Phi) is 7.31. The number of aromatic nitrogens is 4. The highest BCUT2D eigenvalue weighted by Gasteiger charge is 2.35. The van der Waals surface area contributed by atoms with Gasteiger partial charge in [-0.05, 0) is 54.1 Å². The Balaban J connectivity index is 0.000000222. The minimum Gasteiger partial charge on any atom is -0.460 e. The van der Waals surface area contributed by atoms with E-state index in [1.54, 1.807) is 38.2 Å². The molecule has 9 nitrogen and oxygen atoms in total. The third-order valence-electron chi connectivity index (χ3n) is 4.21. The van der Waals surface area contributed by atoms with Crippen molar-refractivity contribution in [3.8, 4) is 0 Å². The highest BCUT2D eigenvalue weighted by Crippen LogP contribution is 2.34. The van der Waals surface area contributed by atoms with Gasteiger partial charge in [0.2, 0.25) is 0 Å². The number of anilines is 1. The van der Waals surface area contributed by atoms with Crippen molar-refractivity contribution in [3.63, 3.8) is 0 Å². The lowest BCUT2D eigenvalue weighted by Gasteiger charge is -2.22. The zero-order chi connectivity index (χ0) is 23.3. The lowest BCUT2D eigenvalue weighted by molar-refractivity contribution is 0.0511. The summed E-state index contributed by atoms with van der Waals surface area (Å²) in [6.07, 6.45) is -0.563. The molecule has 3 aromatic rings. The first-order chi connectivity index (χ1) is 15.3. The van der Waals surface area contributed by atoms with Crippen LogP contribution in [0.5, 0.6) is 0 Å². The Labute approximate surface area is 186 Å². The molecule has 0 N–H and O–H groups in total. The number of tetrazole rings is 1. The topological polar surface area (TPSA) is 99.4 Å². The molecule has 0 spiro atoms. The standard InChI is InChI=1S/C15H10ClF2NO2.C5H8N4O2/c16-10-1-3-13(4-2-10)19-14(8-21-15(19)20)9-5-11(17)7-12(18)6-9;1-3-11-5(10)4-6-8-9(2)7-4/h1-7,14H,8H2;3H2,1-2H3. The summed E-state index contributed by atoms with van der Waals surface area (Å²) in [7, 11) is 1.58. The van der Waals surface area contributed by atoms with Gasteiger partial charge in [-0.25, -0.2) is 18.4 Å². The molecule has 1 aliphatic heterocycles. The summed E-state index contributed by atoms with van der Waals surface area (Å²) in [5.74, 6) is -1.93. The van der Waals surface area contributed by atoms with Gasteiger partial charge in [0.25, 0.3) is 5.82 Å². The molecule has 168 valence electrons. The van der Waals surface area contributed by atoms with Crippen molar-refractivity contribution < 1.29 is 27.8 Å². The summed E-state index contributed by atoms with van der Waals surface area (Å²) in [4.78, 5) is 25.3. The highest BCUT2D eigenvalue weighted by molar-refractivity contribution is 6.30. The second-order valence-electron chi connectivity index (χ2n) is 6.46. The molecule has 0 saturated carbocycles. The number of nitrogens with zero attached hydrogens (tertiary/aromatic N) is 5. The third kappa shape index (κ3) is 5.55. The lowest BCUT2D eigenvalue weighted by Crippen LogP contribution is -2.27. The maximum Gasteiger partial charge on any atom is 0.415 e. The van der Waals surface area contributed by atoms with E-state index in [1.165, 1.54) is 21.8 Å². The first-order valence-electron chi connectivity index (χ1n) is 9.37. The molecule has 0 aliphatic carbocycles. The molecule has 0 bridgehead atoms. The van der Waals surface area contributed by atoms with Crippen molar-refractivity contribution >= 4 is 29.4 Å². The first kappa shape index (κ1) is 23.1. The molecule has 1 aromatic heterocycles. The fourth-order valence-corrected chi connectivity index (χ4v) is 3.01. The van der Waals surface area contributed by atoms with Gasteiger partial charge < -0.3 is 9.47 Å². The van der Waals surface area contributed by atoms with Crippen molar-refractivity contribution in [2.24, 2.45) is 7.05 Å². The van der Waals surface area contributed by atoms with Crippen LogP contribution in [0.15, 0.2) is 42.5 Å². The summed E-state index contributed by atoms with van der Waals surface area (Å²) in [6.45, 7) is 2.07. The molecular weight excluding hydrogens is 448 g/mol. The van der Waals surface area contributed by atoms with E-state index in [-0.39, 0.29) is 12.4 Å². The van der Waals surface area contributed by atoms with Gasteiger partial charge in [0.05, 0.1) is 19.7 Å². The second-order valence-corrected chi connectivity index (χ2v) is 6.90. The van der Waals surface area contributed by atoms with Crippen molar-refractivity contribution in [1.82, 2.24) is 20.2 Å². The number of cyclic esters (lactones) is 1. The number of aryl methyl sites for hydroxylation is 1. The number of amides is 1. The molecule has 0 radical (unpaired) electrons. The lowest BCUT2D eigenvalue weighted by atomic mass is 10.1. The summed E-state index contributed by atoms with van der Waals surface area (Å²) in [5, 5.41) is 11.1. The zero-order valence-electron chi connectivity index (χ0n) is 17.0. The predicted octanol–water partition coefficient (Wildman–Crippen LogP) is 3.70. The Morgan fingerprint density at radius 3 is 2.44 bits per heavy atom. The van der Waals surface area contributed by atoms with E-state index in [4.69, 9.17) is 16.3 Å². The Morgan fingerprint density at radius 2 is 1.88 bits per heavy atom. The van der Waals surface area contributed by atoms with Crippen molar-refractivity contribution in [2.75, 3.05) is 18.1 Å². The number of halogens is 3. The van der Waals surface area contributed by atoms with Crippen LogP contribution < -0.4 is 4.90 Å². The minimum absolute atomic E-state index is 0.00523. The number of carbonyl (C=O) groups excluding carboxylic acids is 2. The molecule has 4 rings (SSSR count). The number of hydrogen-bond acceptors (Lipinski definition) is 7. The van der Waals surface area contributed by atoms with Gasteiger partial charge in [-0.3, -0.25) is 4.90 Å². The number of hydrogen-bond donors (Lipinski definition) is 0. The quantitative estimate of drug-likeness (QED) is 0.541. The molecule has 2 aromatic carbocycles. The van der Waals surface area contributed by atoms with Gasteiger partial charge in [-0.15, -0.1) is 10.2 Å². The van der Waals surface area contributed by atoms with Gasteiger partial charge in [0.1, 0.15) is 18.2 Å². The number of carbonyl (C=O) groups is 2. The van der Waals surface area contributed by atoms with Crippen molar-refractivity contribution in [1.29, 1.82) is 0 Å². The van der Waals surface area contributed by atoms with E-state index >= 15 is 0 Å². The van der Waals surface area contributed by atoms with Gasteiger partial charge in [-0.1, -0.05) is 11.6 Å². The normalized spacial score (nSPS) is 15.1. The minimum atomic E-state index is -0.694. The van der Waals surface area contributed by atoms with Crippen LogP contribution in [0.2, 0.25) is 5.02 Å². The number of benzene rings is 2. The van der Waals surface area contributed by atoms with Gasteiger partial charge >= 0.3 is 12.1 Å². The van der Waals surface area contributed by atoms with Crippen LogP contribution in [-0.4, -0.2) is 45.5 Å². The molecule has 1 amide bonds. The van der Waals surface area contributed by atoms with E-state index < -0.39 is 29.7 Å². The maximum absolute atomic E-state index is 13.4. The fourth-order valence-electron chi connectivity index (χ4n) is 2.88. The predicted molar refractivity (Wildman–Crippen MR) is 109 cm³/mol. The third-order valence-corrected chi connectivity index (χ3v) is 4.47. The largest absolute Gasteiger partial charge is 0.460 e. The van der Waals surface area contributed by atoms with Crippen LogP contribution in [0.1, 0.15) is 29.1 Å². The molecular formula is C20H18ClF2N5O4. The SMILES string of the molecule is CCOC(=O)c1nnn(C)n1.O=C1OCC(c2cc(F)cc(F)c2)N1c1ccc(Cl)cc1. The molecule has 1 atom stereocenters. The van der Waals surface area contributed by atoms with Gasteiger partial charge in [0.15, 0.2) is 0 Å². The molecule has 32 heavy (non-hydrogen) atoms. The Hall–Kier alpha value is -3.60. The number of ether oxygens (including phenoxy) is 2. The van der Waals surface area contributed by atoms with Crippen LogP contribution in [0.25, 0.3) is 0 Å². The molecule has 1 aliphatic rings. The van der Waals surface area contributed by atoms with E-state index in [1.807, 2.05) is 0 Å².